The molecule has 1 atom stereocenters. The van der Waals surface area contributed by atoms with Crippen molar-refractivity contribution in [2.45, 2.75) is 27.2 Å². The maximum Gasteiger partial charge on any atom is 0.251 e. The molecule has 0 aliphatic rings. The molecule has 1 N–H and O–H groups in total. The van der Waals surface area contributed by atoms with Crippen molar-refractivity contribution in [3.05, 3.63) is 34.9 Å². The van der Waals surface area contributed by atoms with Crippen molar-refractivity contribution < 1.29 is 4.79 Å². The quantitative estimate of drug-likeness (QED) is 0.829. The van der Waals surface area contributed by atoms with E-state index in [9.17, 15) is 4.79 Å². The fourth-order valence-corrected chi connectivity index (χ4v) is 2.50. The summed E-state index contributed by atoms with van der Waals surface area (Å²) in [5.41, 5.74) is 3.00. The molecule has 17 heavy (non-hydrogen) atoms. The largest absolute Gasteiger partial charge is 0.352 e. The van der Waals surface area contributed by atoms with E-state index in [1.165, 1.54) is 5.56 Å². The third-order valence-electron chi connectivity index (χ3n) is 2.84. The number of benzene rings is 1. The topological polar surface area (TPSA) is 29.1 Å². The molecule has 0 saturated carbocycles. The van der Waals surface area contributed by atoms with Gasteiger partial charge in [-0.15, -0.1) is 0 Å². The molecule has 1 unspecified atom stereocenters. The second-order valence-electron chi connectivity index (χ2n) is 4.61. The Bertz CT molecular complexity index is 390. The van der Waals surface area contributed by atoms with E-state index in [1.807, 2.05) is 32.0 Å². The third kappa shape index (κ3) is 4.50. The van der Waals surface area contributed by atoms with Crippen molar-refractivity contribution in [2.24, 2.45) is 5.92 Å². The van der Waals surface area contributed by atoms with Crippen LogP contribution in [0.3, 0.4) is 0 Å². The molecule has 1 amide bonds. The number of carbonyl (C=O) groups is 1. The standard InChI is InChI=1S/C14H20BrNO/c1-10-4-5-13(12(3)8-10)14(17)16-9-11(2)6-7-15/h4-5,8,11H,6-7,9H2,1-3H3,(H,16,17). The lowest BCUT2D eigenvalue weighted by Crippen LogP contribution is -2.29. The molecule has 94 valence electrons. The normalized spacial score (nSPS) is 12.2. The highest BCUT2D eigenvalue weighted by molar-refractivity contribution is 9.09. The average molecular weight is 298 g/mol. The van der Waals surface area contributed by atoms with E-state index < -0.39 is 0 Å². The van der Waals surface area contributed by atoms with Gasteiger partial charge in [0, 0.05) is 17.4 Å². The van der Waals surface area contributed by atoms with Gasteiger partial charge in [-0.1, -0.05) is 40.5 Å². The molecule has 0 aliphatic carbocycles. The first kappa shape index (κ1) is 14.2. The monoisotopic (exact) mass is 297 g/mol. The molecule has 0 saturated heterocycles. The Morgan fingerprint density at radius 2 is 2.12 bits per heavy atom. The molecule has 1 aromatic carbocycles. The number of rotatable bonds is 5. The smallest absolute Gasteiger partial charge is 0.251 e. The van der Waals surface area contributed by atoms with E-state index in [4.69, 9.17) is 0 Å². The zero-order chi connectivity index (χ0) is 12.8. The van der Waals surface area contributed by atoms with Crippen molar-refractivity contribution in [3.8, 4) is 0 Å². The van der Waals surface area contributed by atoms with Crippen molar-refractivity contribution in [3.63, 3.8) is 0 Å². The number of carbonyl (C=O) groups excluding carboxylic acids is 1. The summed E-state index contributed by atoms with van der Waals surface area (Å²) < 4.78 is 0. The van der Waals surface area contributed by atoms with Crippen LogP contribution >= 0.6 is 15.9 Å². The lowest BCUT2D eigenvalue weighted by molar-refractivity contribution is 0.0947. The third-order valence-corrected chi connectivity index (χ3v) is 3.30. The molecule has 0 bridgehead atoms. The summed E-state index contributed by atoms with van der Waals surface area (Å²) in [4.78, 5) is 12.0. The number of alkyl halides is 1. The van der Waals surface area contributed by atoms with Crippen molar-refractivity contribution in [1.82, 2.24) is 5.32 Å². The van der Waals surface area contributed by atoms with Crippen molar-refractivity contribution in [2.75, 3.05) is 11.9 Å². The van der Waals surface area contributed by atoms with Crippen LogP contribution in [0.4, 0.5) is 0 Å². The van der Waals surface area contributed by atoms with Gasteiger partial charge in [0.25, 0.3) is 5.91 Å². The van der Waals surface area contributed by atoms with Gasteiger partial charge in [0.1, 0.15) is 0 Å². The highest BCUT2D eigenvalue weighted by Crippen LogP contribution is 2.10. The number of nitrogens with one attached hydrogen (secondary N) is 1. The van der Waals surface area contributed by atoms with Crippen LogP contribution < -0.4 is 5.32 Å². The minimum atomic E-state index is 0.0314. The summed E-state index contributed by atoms with van der Waals surface area (Å²) >= 11 is 3.41. The summed E-state index contributed by atoms with van der Waals surface area (Å²) in [6.45, 7) is 6.89. The second kappa shape index (κ2) is 6.80. The van der Waals surface area contributed by atoms with E-state index in [-0.39, 0.29) is 5.91 Å². The summed E-state index contributed by atoms with van der Waals surface area (Å²) in [7, 11) is 0. The van der Waals surface area contributed by atoms with Crippen molar-refractivity contribution >= 4 is 21.8 Å². The van der Waals surface area contributed by atoms with E-state index >= 15 is 0 Å². The molecule has 3 heteroatoms. The SMILES string of the molecule is Cc1ccc(C(=O)NCC(C)CCBr)c(C)c1. The van der Waals surface area contributed by atoms with Crippen LogP contribution in [-0.4, -0.2) is 17.8 Å². The lowest BCUT2D eigenvalue weighted by Gasteiger charge is -2.12. The van der Waals surface area contributed by atoms with Crippen LogP contribution in [0.5, 0.6) is 0 Å². The van der Waals surface area contributed by atoms with Crippen LogP contribution in [-0.2, 0) is 0 Å². The second-order valence-corrected chi connectivity index (χ2v) is 5.40. The predicted molar refractivity (Wildman–Crippen MR) is 75.8 cm³/mol. The Labute approximate surface area is 112 Å². The molecule has 0 heterocycles. The molecule has 1 rings (SSSR count). The first-order chi connectivity index (χ1) is 8.04. The highest BCUT2D eigenvalue weighted by Gasteiger charge is 2.09. The summed E-state index contributed by atoms with van der Waals surface area (Å²) in [6.07, 6.45) is 1.08. The van der Waals surface area contributed by atoms with Gasteiger partial charge in [-0.2, -0.15) is 0 Å². The van der Waals surface area contributed by atoms with Gasteiger partial charge in [0.2, 0.25) is 0 Å². The maximum absolute atomic E-state index is 12.0. The predicted octanol–water partition coefficient (Wildman–Crippen LogP) is 3.45. The Hall–Kier alpha value is -0.830. The Morgan fingerprint density at radius 3 is 2.71 bits per heavy atom. The number of amides is 1. The molecule has 0 spiro atoms. The fraction of sp³-hybridized carbons (Fsp3) is 0.500. The van der Waals surface area contributed by atoms with Gasteiger partial charge in [-0.3, -0.25) is 4.79 Å². The van der Waals surface area contributed by atoms with Gasteiger partial charge in [-0.25, -0.2) is 0 Å². The summed E-state index contributed by atoms with van der Waals surface area (Å²) in [6, 6.07) is 5.91. The van der Waals surface area contributed by atoms with Crippen LogP contribution in [0.1, 0.15) is 34.8 Å². The molecule has 2 nitrogen and oxygen atoms in total. The van der Waals surface area contributed by atoms with E-state index in [0.717, 1.165) is 29.4 Å². The molecule has 0 aliphatic heterocycles. The first-order valence-electron chi connectivity index (χ1n) is 5.96. The van der Waals surface area contributed by atoms with Crippen LogP contribution in [0.15, 0.2) is 18.2 Å². The summed E-state index contributed by atoms with van der Waals surface area (Å²) in [5, 5.41) is 3.96. The molecule has 0 aromatic heterocycles. The van der Waals surface area contributed by atoms with E-state index in [2.05, 4.69) is 28.2 Å². The Kier molecular flexibility index (Phi) is 5.69. The van der Waals surface area contributed by atoms with Crippen LogP contribution in [0, 0.1) is 19.8 Å². The minimum absolute atomic E-state index is 0.0314. The van der Waals surface area contributed by atoms with E-state index in [1.54, 1.807) is 0 Å². The molecular weight excluding hydrogens is 278 g/mol. The van der Waals surface area contributed by atoms with E-state index in [0.29, 0.717) is 5.92 Å². The summed E-state index contributed by atoms with van der Waals surface area (Å²) in [5.74, 6) is 0.535. The number of halogens is 1. The van der Waals surface area contributed by atoms with Gasteiger partial charge >= 0.3 is 0 Å². The number of aryl methyl sites for hydroxylation is 2. The molecule has 0 fully saturated rings. The van der Waals surface area contributed by atoms with Gasteiger partial charge in [0.15, 0.2) is 0 Å². The average Bonchev–Trinajstić information content (AvgIpc) is 2.26. The fourth-order valence-electron chi connectivity index (χ4n) is 1.72. The number of hydrogen-bond acceptors (Lipinski definition) is 1. The molecular formula is C14H20BrNO. The molecule has 0 radical (unpaired) electrons. The van der Waals surface area contributed by atoms with Crippen molar-refractivity contribution in [1.29, 1.82) is 0 Å². The number of hydrogen-bond donors (Lipinski definition) is 1. The molecule has 1 aromatic rings. The Morgan fingerprint density at radius 1 is 1.41 bits per heavy atom. The lowest BCUT2D eigenvalue weighted by atomic mass is 10.0. The van der Waals surface area contributed by atoms with Gasteiger partial charge in [0.05, 0.1) is 0 Å². The zero-order valence-electron chi connectivity index (χ0n) is 10.7. The first-order valence-corrected chi connectivity index (χ1v) is 7.08. The van der Waals surface area contributed by atoms with Gasteiger partial charge in [-0.05, 0) is 37.8 Å². The van der Waals surface area contributed by atoms with Gasteiger partial charge < -0.3 is 5.32 Å². The van der Waals surface area contributed by atoms with Crippen LogP contribution in [0.2, 0.25) is 0 Å². The maximum atomic E-state index is 12.0. The minimum Gasteiger partial charge on any atom is -0.352 e. The zero-order valence-corrected chi connectivity index (χ0v) is 12.3. The highest BCUT2D eigenvalue weighted by atomic mass is 79.9. The Balaban J connectivity index is 2.58. The van der Waals surface area contributed by atoms with Crippen LogP contribution in [0.25, 0.3) is 0 Å².